The number of alkyl halides is 1. The highest BCUT2D eigenvalue weighted by atomic mass is 19.1. The largest absolute Gasteiger partial charge is 0.481 e. The molecule has 0 saturated carbocycles. The Bertz CT molecular complexity index is 1080. The summed E-state index contributed by atoms with van der Waals surface area (Å²) in [6.45, 7) is 6.21. The molecule has 166 valence electrons. The Morgan fingerprint density at radius 2 is 2.10 bits per heavy atom. The highest BCUT2D eigenvalue weighted by molar-refractivity contribution is 5.99. The van der Waals surface area contributed by atoms with Crippen molar-refractivity contribution in [2.24, 2.45) is 0 Å². The first kappa shape index (κ1) is 22.4. The van der Waals surface area contributed by atoms with E-state index < -0.39 is 17.7 Å². The summed E-state index contributed by atoms with van der Waals surface area (Å²) in [5.41, 5.74) is 0.418. The van der Waals surface area contributed by atoms with Crippen molar-refractivity contribution in [2.75, 3.05) is 19.0 Å². The Balaban J connectivity index is 2.02. The Hall–Kier alpha value is -3.27. The number of nitrogens with zero attached hydrogens (tertiary/aromatic N) is 4. The molecule has 3 N–H and O–H groups in total. The smallest absolute Gasteiger partial charge is 0.256 e. The number of pyridine rings is 1. The van der Waals surface area contributed by atoms with Crippen LogP contribution in [-0.4, -0.2) is 62.1 Å². The van der Waals surface area contributed by atoms with Crippen molar-refractivity contribution in [3.63, 3.8) is 0 Å². The second-order valence-corrected chi connectivity index (χ2v) is 8.01. The number of carbonyl (C=O) groups excluding carboxylic acids is 1. The van der Waals surface area contributed by atoms with Crippen LogP contribution in [0.3, 0.4) is 0 Å². The van der Waals surface area contributed by atoms with Gasteiger partial charge in [-0.15, -0.1) is 0 Å². The number of aromatic nitrogens is 4. The monoisotopic (exact) mass is 430 g/mol. The number of carbonyl (C=O) groups is 1. The van der Waals surface area contributed by atoms with Crippen LogP contribution >= 0.6 is 0 Å². The maximum atomic E-state index is 14.1. The lowest BCUT2D eigenvalue weighted by molar-refractivity contribution is -0.00177. The van der Waals surface area contributed by atoms with Gasteiger partial charge >= 0.3 is 0 Å². The van der Waals surface area contributed by atoms with E-state index in [1.807, 2.05) is 19.9 Å². The van der Waals surface area contributed by atoms with Crippen molar-refractivity contribution in [2.45, 2.75) is 45.5 Å². The van der Waals surface area contributed by atoms with Crippen LogP contribution < -0.4 is 15.4 Å². The van der Waals surface area contributed by atoms with E-state index in [-0.39, 0.29) is 18.2 Å². The van der Waals surface area contributed by atoms with Crippen molar-refractivity contribution in [3.8, 4) is 17.1 Å². The summed E-state index contributed by atoms with van der Waals surface area (Å²) in [6.07, 6.45) is 1.42. The Morgan fingerprint density at radius 3 is 2.74 bits per heavy atom. The van der Waals surface area contributed by atoms with Crippen LogP contribution in [-0.2, 0) is 0 Å². The predicted molar refractivity (Wildman–Crippen MR) is 115 cm³/mol. The number of halogens is 1. The second kappa shape index (κ2) is 8.84. The molecule has 3 aromatic heterocycles. The molecule has 31 heavy (non-hydrogen) atoms. The summed E-state index contributed by atoms with van der Waals surface area (Å²) < 4.78 is 20.9. The summed E-state index contributed by atoms with van der Waals surface area (Å²) in [4.78, 5) is 21.3. The van der Waals surface area contributed by atoms with Gasteiger partial charge in [0.05, 0.1) is 24.8 Å². The minimum absolute atomic E-state index is 0.0111. The highest BCUT2D eigenvalue weighted by Gasteiger charge is 2.28. The third-order valence-corrected chi connectivity index (χ3v) is 4.60. The SMILES string of the molecule is COc1ncccc1-c1cc2ncc(C(=O)NC[C@@H](F)C(C)(C)O)c(NC(C)C)n2n1. The number of ether oxygens (including phenoxy) is 1. The van der Waals surface area contributed by atoms with Gasteiger partial charge in [0.25, 0.3) is 5.91 Å². The van der Waals surface area contributed by atoms with E-state index in [0.717, 1.165) is 0 Å². The van der Waals surface area contributed by atoms with Gasteiger partial charge in [0.1, 0.15) is 23.2 Å². The molecule has 0 bridgehead atoms. The lowest BCUT2D eigenvalue weighted by Gasteiger charge is -2.22. The molecule has 3 aromatic rings. The molecule has 0 fully saturated rings. The van der Waals surface area contributed by atoms with E-state index >= 15 is 0 Å². The van der Waals surface area contributed by atoms with Gasteiger partial charge in [-0.25, -0.2) is 14.4 Å². The van der Waals surface area contributed by atoms with E-state index in [2.05, 4.69) is 25.7 Å². The van der Waals surface area contributed by atoms with Gasteiger partial charge in [-0.3, -0.25) is 4.79 Å². The normalized spacial score (nSPS) is 12.8. The zero-order valence-corrected chi connectivity index (χ0v) is 18.2. The number of amides is 1. The number of aliphatic hydroxyl groups is 1. The summed E-state index contributed by atoms with van der Waals surface area (Å²) in [5.74, 6) is 0.313. The fraction of sp³-hybridized carbons (Fsp3) is 0.429. The molecular formula is C21H27FN6O3. The van der Waals surface area contributed by atoms with E-state index in [9.17, 15) is 14.3 Å². The van der Waals surface area contributed by atoms with Gasteiger partial charge in [0, 0.05) is 24.5 Å². The first-order valence-corrected chi connectivity index (χ1v) is 9.91. The van der Waals surface area contributed by atoms with Crippen LogP contribution in [0.5, 0.6) is 5.88 Å². The number of fused-ring (bicyclic) bond motifs is 1. The van der Waals surface area contributed by atoms with Gasteiger partial charge in [0.15, 0.2) is 5.65 Å². The number of nitrogens with one attached hydrogen (secondary N) is 2. The third kappa shape index (κ3) is 4.91. The number of rotatable bonds is 8. The molecule has 0 aromatic carbocycles. The Kier molecular flexibility index (Phi) is 6.40. The number of hydrogen-bond donors (Lipinski definition) is 3. The topological polar surface area (TPSA) is 114 Å². The fourth-order valence-electron chi connectivity index (χ4n) is 2.92. The summed E-state index contributed by atoms with van der Waals surface area (Å²) in [5, 5.41) is 20.1. The maximum Gasteiger partial charge on any atom is 0.256 e. The fourth-order valence-corrected chi connectivity index (χ4v) is 2.92. The molecule has 1 amide bonds. The molecule has 0 unspecified atom stereocenters. The van der Waals surface area contributed by atoms with Gasteiger partial charge in [0.2, 0.25) is 5.88 Å². The van der Waals surface area contributed by atoms with Crippen LogP contribution in [0.2, 0.25) is 0 Å². The molecule has 10 heteroatoms. The van der Waals surface area contributed by atoms with Crippen molar-refractivity contribution in [1.29, 1.82) is 0 Å². The van der Waals surface area contributed by atoms with Crippen LogP contribution in [0.25, 0.3) is 16.9 Å². The van der Waals surface area contributed by atoms with E-state index in [0.29, 0.717) is 28.6 Å². The Morgan fingerprint density at radius 1 is 1.35 bits per heavy atom. The van der Waals surface area contributed by atoms with Crippen molar-refractivity contribution < 1.29 is 19.0 Å². The van der Waals surface area contributed by atoms with Crippen molar-refractivity contribution in [3.05, 3.63) is 36.2 Å². The second-order valence-electron chi connectivity index (χ2n) is 8.01. The molecule has 0 saturated heterocycles. The first-order valence-electron chi connectivity index (χ1n) is 9.91. The van der Waals surface area contributed by atoms with Crippen LogP contribution in [0.4, 0.5) is 10.2 Å². The van der Waals surface area contributed by atoms with E-state index in [1.54, 1.807) is 18.3 Å². The Labute approximate surface area is 179 Å². The molecule has 0 spiro atoms. The maximum absolute atomic E-state index is 14.1. The number of anilines is 1. The zero-order valence-electron chi connectivity index (χ0n) is 18.2. The van der Waals surface area contributed by atoms with Crippen LogP contribution in [0.15, 0.2) is 30.6 Å². The van der Waals surface area contributed by atoms with Gasteiger partial charge in [-0.2, -0.15) is 9.61 Å². The van der Waals surface area contributed by atoms with E-state index in [1.165, 1.54) is 31.7 Å². The van der Waals surface area contributed by atoms with Gasteiger partial charge in [-0.1, -0.05) is 0 Å². The molecule has 3 rings (SSSR count). The quantitative estimate of drug-likeness (QED) is 0.503. The third-order valence-electron chi connectivity index (χ3n) is 4.60. The van der Waals surface area contributed by atoms with Gasteiger partial charge in [-0.05, 0) is 39.8 Å². The molecular weight excluding hydrogens is 403 g/mol. The first-order chi connectivity index (χ1) is 14.6. The lowest BCUT2D eigenvalue weighted by Crippen LogP contribution is -2.42. The molecule has 0 aliphatic heterocycles. The van der Waals surface area contributed by atoms with Crippen LogP contribution in [0.1, 0.15) is 38.1 Å². The lowest BCUT2D eigenvalue weighted by atomic mass is 10.0. The van der Waals surface area contributed by atoms with Gasteiger partial charge < -0.3 is 20.5 Å². The molecule has 9 nitrogen and oxygen atoms in total. The van der Waals surface area contributed by atoms with Crippen molar-refractivity contribution >= 4 is 17.4 Å². The summed E-state index contributed by atoms with van der Waals surface area (Å²) in [7, 11) is 1.53. The molecule has 1 atom stereocenters. The van der Waals surface area contributed by atoms with Crippen molar-refractivity contribution in [1.82, 2.24) is 24.9 Å². The molecule has 0 aliphatic rings. The molecule has 3 heterocycles. The minimum atomic E-state index is -1.62. The number of methoxy groups -OCH3 is 1. The zero-order chi connectivity index (χ0) is 22.8. The van der Waals surface area contributed by atoms with Crippen LogP contribution in [0, 0.1) is 0 Å². The standard InChI is InChI=1S/C21H27FN6O3/c1-12(2)26-18-14(19(29)25-11-16(22)21(3,4)30)10-24-17-9-15(27-28(17)18)13-7-6-8-23-20(13)31-5/h6-10,12,16,26,30H,11H2,1-5H3,(H,25,29)/t16-/m1/s1. The summed E-state index contributed by atoms with van der Waals surface area (Å²) >= 11 is 0. The number of hydrogen-bond acceptors (Lipinski definition) is 7. The average Bonchev–Trinajstić information content (AvgIpc) is 3.15. The minimum Gasteiger partial charge on any atom is -0.481 e. The molecule has 0 radical (unpaired) electrons. The molecule has 0 aliphatic carbocycles. The highest BCUT2D eigenvalue weighted by Crippen LogP contribution is 2.28. The average molecular weight is 430 g/mol. The van der Waals surface area contributed by atoms with E-state index in [4.69, 9.17) is 4.74 Å². The summed E-state index contributed by atoms with van der Waals surface area (Å²) in [6, 6.07) is 5.35. The predicted octanol–water partition coefficient (Wildman–Crippen LogP) is 2.46.